The monoisotopic (exact) mass is 413 g/mol. The van der Waals surface area contributed by atoms with Crippen molar-refractivity contribution >= 4 is 51.6 Å². The number of thioether (sulfide) groups is 1. The van der Waals surface area contributed by atoms with Crippen LogP contribution in [0.2, 0.25) is 0 Å². The molecule has 1 aliphatic heterocycles. The van der Waals surface area contributed by atoms with E-state index in [-0.39, 0.29) is 22.4 Å². The summed E-state index contributed by atoms with van der Waals surface area (Å²) in [5.74, 6) is 0.0419. The van der Waals surface area contributed by atoms with Crippen LogP contribution in [0.3, 0.4) is 0 Å². The first kappa shape index (κ1) is 15.3. The summed E-state index contributed by atoms with van der Waals surface area (Å²) in [7, 11) is 0. The number of benzene rings is 1. The maximum Gasteiger partial charge on any atom is 0.417 e. The van der Waals surface area contributed by atoms with Crippen LogP contribution in [0.4, 0.5) is 13.2 Å². The lowest BCUT2D eigenvalue weighted by molar-refractivity contribution is -0.137. The van der Waals surface area contributed by atoms with Gasteiger partial charge >= 0.3 is 6.18 Å². The van der Waals surface area contributed by atoms with Gasteiger partial charge in [-0.2, -0.15) is 18.3 Å². The molecule has 1 heterocycles. The first-order chi connectivity index (χ1) is 9.36. The molecule has 106 valence electrons. The van der Waals surface area contributed by atoms with E-state index in [0.29, 0.717) is 3.57 Å². The van der Waals surface area contributed by atoms with E-state index in [1.807, 2.05) is 22.6 Å². The molecule has 1 aromatic rings. The Morgan fingerprint density at radius 2 is 2.15 bits per heavy atom. The van der Waals surface area contributed by atoms with Crippen LogP contribution in [0.15, 0.2) is 28.4 Å². The maximum absolute atomic E-state index is 12.8. The lowest BCUT2D eigenvalue weighted by Gasteiger charge is -2.09. The number of hydrogen-bond acceptors (Lipinski definition) is 4. The third-order valence-corrected chi connectivity index (χ3v) is 3.79. The SMILES string of the molecule is O=C1CSC(=NN=Cc2ccc(I)cc2C(F)(F)F)N1. The summed E-state index contributed by atoms with van der Waals surface area (Å²) in [4.78, 5) is 10.9. The summed E-state index contributed by atoms with van der Waals surface area (Å²) in [6, 6.07) is 3.92. The van der Waals surface area contributed by atoms with E-state index < -0.39 is 11.7 Å². The summed E-state index contributed by atoms with van der Waals surface area (Å²) < 4.78 is 39.0. The van der Waals surface area contributed by atoms with Crippen LogP contribution in [-0.4, -0.2) is 23.0 Å². The highest BCUT2D eigenvalue weighted by molar-refractivity contribution is 14.1. The largest absolute Gasteiger partial charge is 0.417 e. The highest BCUT2D eigenvalue weighted by atomic mass is 127. The minimum absolute atomic E-state index is 0.0726. The summed E-state index contributed by atoms with van der Waals surface area (Å²) in [6.45, 7) is 0. The molecule has 2 rings (SSSR count). The van der Waals surface area contributed by atoms with E-state index in [1.165, 1.54) is 6.07 Å². The van der Waals surface area contributed by atoms with Crippen LogP contribution in [0.5, 0.6) is 0 Å². The molecule has 20 heavy (non-hydrogen) atoms. The molecule has 9 heteroatoms. The highest BCUT2D eigenvalue weighted by Gasteiger charge is 2.33. The van der Waals surface area contributed by atoms with Gasteiger partial charge in [-0.25, -0.2) is 0 Å². The fourth-order valence-corrected chi connectivity index (χ4v) is 2.53. The molecule has 1 aliphatic rings. The zero-order chi connectivity index (χ0) is 14.8. The molecule has 1 amide bonds. The van der Waals surface area contributed by atoms with Crippen molar-refractivity contribution < 1.29 is 18.0 Å². The minimum Gasteiger partial charge on any atom is -0.303 e. The Morgan fingerprint density at radius 1 is 1.40 bits per heavy atom. The fourth-order valence-electron chi connectivity index (χ4n) is 1.41. The summed E-state index contributed by atoms with van der Waals surface area (Å²) in [6.07, 6.45) is -3.43. The number of hydrogen-bond donors (Lipinski definition) is 1. The van der Waals surface area contributed by atoms with Crippen molar-refractivity contribution in [1.82, 2.24) is 5.32 Å². The van der Waals surface area contributed by atoms with Gasteiger partial charge in [0, 0.05) is 9.13 Å². The molecule has 0 radical (unpaired) electrons. The zero-order valence-corrected chi connectivity index (χ0v) is 12.7. The van der Waals surface area contributed by atoms with E-state index in [4.69, 9.17) is 0 Å². The molecular formula is C11H7F3IN3OS. The molecule has 0 atom stereocenters. The van der Waals surface area contributed by atoms with Crippen LogP contribution in [0.25, 0.3) is 0 Å². The van der Waals surface area contributed by atoms with Crippen molar-refractivity contribution in [2.45, 2.75) is 6.18 Å². The van der Waals surface area contributed by atoms with Crippen molar-refractivity contribution in [1.29, 1.82) is 0 Å². The van der Waals surface area contributed by atoms with Gasteiger partial charge in [-0.05, 0) is 34.7 Å². The summed E-state index contributed by atoms with van der Waals surface area (Å²) in [5.41, 5.74) is -0.840. The molecule has 0 saturated carbocycles. The smallest absolute Gasteiger partial charge is 0.303 e. The average Bonchev–Trinajstić information content (AvgIpc) is 2.76. The first-order valence-electron chi connectivity index (χ1n) is 5.26. The Morgan fingerprint density at radius 3 is 2.75 bits per heavy atom. The summed E-state index contributed by atoms with van der Waals surface area (Å²) >= 11 is 2.96. The Balaban J connectivity index is 2.23. The first-order valence-corrected chi connectivity index (χ1v) is 7.33. The van der Waals surface area contributed by atoms with Crippen LogP contribution in [0.1, 0.15) is 11.1 Å². The standard InChI is InChI=1S/C11H7F3IN3OS/c12-11(13,14)8-3-7(15)2-1-6(8)4-16-18-10-17-9(19)5-20-10/h1-4H,5H2,(H,17,18,19). The van der Waals surface area contributed by atoms with Gasteiger partial charge < -0.3 is 5.32 Å². The van der Waals surface area contributed by atoms with Crippen molar-refractivity contribution in [2.75, 3.05) is 5.75 Å². The van der Waals surface area contributed by atoms with Crippen molar-refractivity contribution in [3.05, 3.63) is 32.9 Å². The van der Waals surface area contributed by atoms with Crippen molar-refractivity contribution in [2.24, 2.45) is 10.2 Å². The van der Waals surface area contributed by atoms with E-state index >= 15 is 0 Å². The number of carbonyl (C=O) groups is 1. The molecular weight excluding hydrogens is 406 g/mol. The van der Waals surface area contributed by atoms with Gasteiger partial charge in [0.15, 0.2) is 5.17 Å². The van der Waals surface area contributed by atoms with E-state index in [9.17, 15) is 18.0 Å². The van der Waals surface area contributed by atoms with E-state index in [2.05, 4.69) is 15.5 Å². The molecule has 0 spiro atoms. The second-order valence-corrected chi connectivity index (χ2v) is 5.93. The lowest BCUT2D eigenvalue weighted by Crippen LogP contribution is -2.19. The van der Waals surface area contributed by atoms with Gasteiger partial charge in [0.25, 0.3) is 0 Å². The third kappa shape index (κ3) is 3.95. The third-order valence-electron chi connectivity index (χ3n) is 2.25. The topological polar surface area (TPSA) is 53.8 Å². The molecule has 0 bridgehead atoms. The highest BCUT2D eigenvalue weighted by Crippen LogP contribution is 2.32. The minimum atomic E-state index is -4.45. The lowest BCUT2D eigenvalue weighted by atomic mass is 10.1. The predicted molar refractivity (Wildman–Crippen MR) is 79.8 cm³/mol. The second-order valence-electron chi connectivity index (χ2n) is 3.72. The van der Waals surface area contributed by atoms with Crippen molar-refractivity contribution in [3.8, 4) is 0 Å². The molecule has 4 nitrogen and oxygen atoms in total. The summed E-state index contributed by atoms with van der Waals surface area (Å²) in [5, 5.41) is 9.96. The molecule has 0 aliphatic carbocycles. The number of amidine groups is 1. The number of nitrogens with zero attached hydrogens (tertiary/aromatic N) is 2. The zero-order valence-electron chi connectivity index (χ0n) is 9.74. The molecule has 1 fully saturated rings. The Hall–Kier alpha value is -1.10. The van der Waals surface area contributed by atoms with Gasteiger partial charge in [0.2, 0.25) is 5.91 Å². The maximum atomic E-state index is 12.8. The number of alkyl halides is 3. The van der Waals surface area contributed by atoms with Gasteiger partial charge in [0.05, 0.1) is 17.5 Å². The fraction of sp³-hybridized carbons (Fsp3) is 0.182. The van der Waals surface area contributed by atoms with E-state index in [1.54, 1.807) is 6.07 Å². The molecule has 1 aromatic carbocycles. The average molecular weight is 413 g/mol. The van der Waals surface area contributed by atoms with Gasteiger partial charge in [-0.15, -0.1) is 5.10 Å². The van der Waals surface area contributed by atoms with Crippen LogP contribution < -0.4 is 5.32 Å². The van der Waals surface area contributed by atoms with Gasteiger partial charge in [0.1, 0.15) is 0 Å². The quantitative estimate of drug-likeness (QED) is 0.461. The van der Waals surface area contributed by atoms with Gasteiger partial charge in [-0.1, -0.05) is 17.8 Å². The number of carbonyl (C=O) groups excluding carboxylic acids is 1. The van der Waals surface area contributed by atoms with Crippen LogP contribution >= 0.6 is 34.4 Å². The Kier molecular flexibility index (Phi) is 4.68. The molecule has 1 N–H and O–H groups in total. The van der Waals surface area contributed by atoms with Crippen LogP contribution in [-0.2, 0) is 11.0 Å². The number of nitrogens with one attached hydrogen (secondary N) is 1. The Bertz CT molecular complexity index is 601. The predicted octanol–water partition coefficient (Wildman–Crippen LogP) is 2.86. The molecule has 0 aromatic heterocycles. The second kappa shape index (κ2) is 6.12. The molecule has 1 saturated heterocycles. The number of amides is 1. The van der Waals surface area contributed by atoms with Crippen LogP contribution in [0, 0.1) is 3.57 Å². The van der Waals surface area contributed by atoms with Crippen molar-refractivity contribution in [3.63, 3.8) is 0 Å². The number of rotatable bonds is 2. The molecule has 0 unspecified atom stereocenters. The number of halogens is 4. The Labute approximate surface area is 130 Å². The van der Waals surface area contributed by atoms with E-state index in [0.717, 1.165) is 24.0 Å². The normalized spacial score (nSPS) is 18.0. The van der Waals surface area contributed by atoms with Gasteiger partial charge in [-0.3, -0.25) is 4.79 Å².